The number of thiocarbonyl (C=S) groups is 1. The first-order valence-corrected chi connectivity index (χ1v) is 10.1. The Bertz CT molecular complexity index is 733. The molecule has 1 saturated heterocycles. The molecule has 0 radical (unpaired) electrons. The quantitative estimate of drug-likeness (QED) is 0.699. The largest absolute Gasteiger partial charge is 0.497 e. The van der Waals surface area contributed by atoms with E-state index in [2.05, 4.69) is 64.9 Å². The van der Waals surface area contributed by atoms with Crippen molar-refractivity contribution in [3.8, 4) is 5.75 Å². The van der Waals surface area contributed by atoms with Crippen LogP contribution in [0.2, 0.25) is 0 Å². The van der Waals surface area contributed by atoms with Gasteiger partial charge < -0.3 is 19.4 Å². The van der Waals surface area contributed by atoms with E-state index < -0.39 is 0 Å². The van der Waals surface area contributed by atoms with E-state index in [0.717, 1.165) is 55.6 Å². The number of hydrogen-bond acceptors (Lipinski definition) is 4. The Morgan fingerprint density at radius 3 is 2.04 bits per heavy atom. The molecule has 0 aliphatic carbocycles. The number of benzene rings is 2. The van der Waals surface area contributed by atoms with Gasteiger partial charge in [0.25, 0.3) is 0 Å². The molecule has 0 unspecified atom stereocenters. The molecule has 3 rings (SSSR count). The van der Waals surface area contributed by atoms with Crippen LogP contribution in [0.3, 0.4) is 0 Å². The molecule has 0 amide bonds. The SMILES string of the molecule is CCN(CC)c1ccc(C(=S)N2CCN(c3ccc(OC)cc3)CC2)cc1. The second-order valence-electron chi connectivity index (χ2n) is 6.70. The number of piperazine rings is 1. The lowest BCUT2D eigenvalue weighted by molar-refractivity contribution is 0.392. The minimum Gasteiger partial charge on any atom is -0.497 e. The van der Waals surface area contributed by atoms with Gasteiger partial charge in [-0.15, -0.1) is 0 Å². The minimum atomic E-state index is 0.895. The van der Waals surface area contributed by atoms with Gasteiger partial charge >= 0.3 is 0 Å². The topological polar surface area (TPSA) is 19.0 Å². The third-order valence-electron chi connectivity index (χ3n) is 5.25. The normalized spacial score (nSPS) is 14.2. The minimum absolute atomic E-state index is 0.895. The highest BCUT2D eigenvalue weighted by atomic mass is 32.1. The first-order valence-electron chi connectivity index (χ1n) is 9.69. The molecule has 5 heteroatoms. The van der Waals surface area contributed by atoms with Gasteiger partial charge in [0.1, 0.15) is 10.7 Å². The molecule has 27 heavy (non-hydrogen) atoms. The van der Waals surface area contributed by atoms with Crippen LogP contribution in [0.25, 0.3) is 0 Å². The second kappa shape index (κ2) is 9.09. The van der Waals surface area contributed by atoms with Crippen molar-refractivity contribution in [3.05, 3.63) is 54.1 Å². The number of nitrogens with zero attached hydrogens (tertiary/aromatic N) is 3. The Kier molecular flexibility index (Phi) is 6.56. The average molecular weight is 384 g/mol. The average Bonchev–Trinajstić information content (AvgIpc) is 2.75. The molecule has 2 aromatic carbocycles. The molecular formula is C22H29N3OS. The molecule has 1 aliphatic rings. The number of hydrogen-bond donors (Lipinski definition) is 0. The van der Waals surface area contributed by atoms with Gasteiger partial charge in [-0.25, -0.2) is 0 Å². The third-order valence-corrected chi connectivity index (χ3v) is 5.74. The van der Waals surface area contributed by atoms with Crippen molar-refractivity contribution < 1.29 is 4.74 Å². The Balaban J connectivity index is 1.59. The predicted molar refractivity (Wildman–Crippen MR) is 118 cm³/mol. The van der Waals surface area contributed by atoms with E-state index in [9.17, 15) is 0 Å². The second-order valence-corrected chi connectivity index (χ2v) is 7.08. The van der Waals surface area contributed by atoms with Gasteiger partial charge in [-0.05, 0) is 62.4 Å². The van der Waals surface area contributed by atoms with E-state index >= 15 is 0 Å². The monoisotopic (exact) mass is 383 g/mol. The molecule has 1 fully saturated rings. The Labute approximate surface area is 168 Å². The van der Waals surface area contributed by atoms with Crippen LogP contribution in [-0.4, -0.2) is 56.3 Å². The summed E-state index contributed by atoms with van der Waals surface area (Å²) in [5, 5.41) is 0. The van der Waals surface area contributed by atoms with Crippen LogP contribution >= 0.6 is 12.2 Å². The van der Waals surface area contributed by atoms with Crippen LogP contribution in [0.1, 0.15) is 19.4 Å². The summed E-state index contributed by atoms with van der Waals surface area (Å²) < 4.78 is 5.24. The smallest absolute Gasteiger partial charge is 0.119 e. The number of anilines is 2. The highest BCUT2D eigenvalue weighted by Gasteiger charge is 2.20. The van der Waals surface area contributed by atoms with Crippen molar-refractivity contribution in [1.82, 2.24) is 4.90 Å². The summed E-state index contributed by atoms with van der Waals surface area (Å²) in [4.78, 5) is 8.03. The third kappa shape index (κ3) is 4.53. The lowest BCUT2D eigenvalue weighted by Crippen LogP contribution is -2.48. The highest BCUT2D eigenvalue weighted by molar-refractivity contribution is 7.80. The lowest BCUT2D eigenvalue weighted by atomic mass is 10.1. The van der Waals surface area contributed by atoms with Crippen molar-refractivity contribution in [1.29, 1.82) is 0 Å². The van der Waals surface area contributed by atoms with Gasteiger partial charge in [0.2, 0.25) is 0 Å². The molecule has 0 N–H and O–H groups in total. The fraction of sp³-hybridized carbons (Fsp3) is 0.409. The van der Waals surface area contributed by atoms with Crippen molar-refractivity contribution >= 4 is 28.6 Å². The zero-order chi connectivity index (χ0) is 19.2. The Hall–Kier alpha value is -2.27. The van der Waals surface area contributed by atoms with E-state index in [-0.39, 0.29) is 0 Å². The summed E-state index contributed by atoms with van der Waals surface area (Å²) in [6.45, 7) is 10.3. The molecule has 2 aromatic rings. The maximum Gasteiger partial charge on any atom is 0.119 e. The first kappa shape index (κ1) is 19.5. The van der Waals surface area contributed by atoms with Crippen LogP contribution < -0.4 is 14.5 Å². The molecule has 1 heterocycles. The molecule has 0 atom stereocenters. The molecule has 0 saturated carbocycles. The fourth-order valence-corrected chi connectivity index (χ4v) is 3.87. The van der Waals surface area contributed by atoms with E-state index in [1.807, 2.05) is 12.1 Å². The van der Waals surface area contributed by atoms with E-state index in [1.54, 1.807) is 7.11 Å². The predicted octanol–water partition coefficient (Wildman–Crippen LogP) is 4.04. The maximum atomic E-state index is 5.77. The summed E-state index contributed by atoms with van der Waals surface area (Å²) >= 11 is 5.77. The highest BCUT2D eigenvalue weighted by Crippen LogP contribution is 2.22. The summed E-state index contributed by atoms with van der Waals surface area (Å²) in [6.07, 6.45) is 0. The number of methoxy groups -OCH3 is 1. The fourth-order valence-electron chi connectivity index (χ4n) is 3.55. The van der Waals surface area contributed by atoms with Crippen LogP contribution in [0, 0.1) is 0 Å². The van der Waals surface area contributed by atoms with Gasteiger partial charge in [0, 0.05) is 56.2 Å². The van der Waals surface area contributed by atoms with Crippen molar-refractivity contribution in [2.45, 2.75) is 13.8 Å². The van der Waals surface area contributed by atoms with Gasteiger partial charge in [-0.1, -0.05) is 12.2 Å². The molecule has 144 valence electrons. The molecule has 0 spiro atoms. The summed E-state index contributed by atoms with van der Waals surface area (Å²) in [7, 11) is 1.70. The van der Waals surface area contributed by atoms with Crippen molar-refractivity contribution in [3.63, 3.8) is 0 Å². The zero-order valence-electron chi connectivity index (χ0n) is 16.5. The molecule has 4 nitrogen and oxygen atoms in total. The van der Waals surface area contributed by atoms with Crippen molar-refractivity contribution in [2.24, 2.45) is 0 Å². The Morgan fingerprint density at radius 2 is 1.52 bits per heavy atom. The lowest BCUT2D eigenvalue weighted by Gasteiger charge is -2.37. The van der Waals surface area contributed by atoms with Crippen LogP contribution in [-0.2, 0) is 0 Å². The molecule has 0 aromatic heterocycles. The van der Waals surface area contributed by atoms with E-state index in [1.165, 1.54) is 11.4 Å². The zero-order valence-corrected chi connectivity index (χ0v) is 17.3. The van der Waals surface area contributed by atoms with E-state index in [0.29, 0.717) is 0 Å². The van der Waals surface area contributed by atoms with E-state index in [4.69, 9.17) is 17.0 Å². The maximum absolute atomic E-state index is 5.77. The number of ether oxygens (including phenoxy) is 1. The van der Waals surface area contributed by atoms with Crippen LogP contribution in [0.15, 0.2) is 48.5 Å². The van der Waals surface area contributed by atoms with Crippen LogP contribution in [0.5, 0.6) is 5.75 Å². The van der Waals surface area contributed by atoms with Crippen molar-refractivity contribution in [2.75, 3.05) is 56.2 Å². The molecule has 0 bridgehead atoms. The summed E-state index contributed by atoms with van der Waals surface area (Å²) in [5.74, 6) is 0.895. The Morgan fingerprint density at radius 1 is 0.926 bits per heavy atom. The first-order chi connectivity index (χ1) is 13.2. The van der Waals surface area contributed by atoms with Gasteiger partial charge in [0.15, 0.2) is 0 Å². The summed E-state index contributed by atoms with van der Waals surface area (Å²) in [5.41, 5.74) is 3.64. The number of rotatable bonds is 6. The summed E-state index contributed by atoms with van der Waals surface area (Å²) in [6, 6.07) is 17.0. The van der Waals surface area contributed by atoms with Gasteiger partial charge in [-0.3, -0.25) is 0 Å². The molecule has 1 aliphatic heterocycles. The van der Waals surface area contributed by atoms with Gasteiger partial charge in [0.05, 0.1) is 7.11 Å². The van der Waals surface area contributed by atoms with Crippen LogP contribution in [0.4, 0.5) is 11.4 Å². The van der Waals surface area contributed by atoms with Gasteiger partial charge in [-0.2, -0.15) is 0 Å². The standard InChI is InChI=1S/C22H29N3OS/c1-4-23(5-2)19-8-6-18(7-9-19)22(27)25-16-14-24(15-17-25)20-10-12-21(26-3)13-11-20/h6-13H,4-5,14-17H2,1-3H3. The molecular weight excluding hydrogens is 354 g/mol.